The van der Waals surface area contributed by atoms with Crippen molar-refractivity contribution in [3.05, 3.63) is 46.6 Å². The molecule has 0 aliphatic heterocycles. The van der Waals surface area contributed by atoms with E-state index in [1.807, 2.05) is 18.2 Å². The highest BCUT2D eigenvalue weighted by Crippen LogP contribution is 2.09. The first-order chi connectivity index (χ1) is 11.5. The van der Waals surface area contributed by atoms with Crippen LogP contribution in [0.15, 0.2) is 36.0 Å². The Labute approximate surface area is 146 Å². The van der Waals surface area contributed by atoms with Crippen LogP contribution < -0.4 is 10.6 Å². The second-order valence-corrected chi connectivity index (χ2v) is 5.57. The van der Waals surface area contributed by atoms with Crippen molar-refractivity contribution in [2.75, 3.05) is 6.54 Å². The van der Waals surface area contributed by atoms with Gasteiger partial charge in [-0.05, 0) is 30.5 Å². The molecular formula is C17H20ClN3O3. The van der Waals surface area contributed by atoms with Crippen molar-refractivity contribution in [3.63, 3.8) is 0 Å². The van der Waals surface area contributed by atoms with Crippen LogP contribution in [0.5, 0.6) is 0 Å². The van der Waals surface area contributed by atoms with Gasteiger partial charge in [-0.25, -0.2) is 0 Å². The number of rotatable bonds is 10. The van der Waals surface area contributed by atoms with Crippen LogP contribution in [-0.4, -0.2) is 23.5 Å². The van der Waals surface area contributed by atoms with E-state index in [1.165, 1.54) is 6.20 Å². The first-order valence-electron chi connectivity index (χ1n) is 7.61. The standard InChI is InChI=1S/C17H20ClN3O3/c18-15-7-5-13(6-8-15)11-20-12-14(10-19)17(24)21-9-3-1-2-4-16(22)23/h5-8,12,20H,1-4,9,11H2,(H,21,24)(H,22,23)/b14-12-. The number of carbonyl (C=O) groups excluding carboxylic acids is 1. The quantitative estimate of drug-likeness (QED) is 0.342. The van der Waals surface area contributed by atoms with Crippen LogP contribution in [0, 0.1) is 11.3 Å². The molecule has 0 atom stereocenters. The third kappa shape index (κ3) is 8.20. The molecule has 0 aliphatic carbocycles. The summed E-state index contributed by atoms with van der Waals surface area (Å²) in [6.07, 6.45) is 3.48. The van der Waals surface area contributed by atoms with E-state index < -0.39 is 11.9 Å². The van der Waals surface area contributed by atoms with E-state index in [0.717, 1.165) is 5.56 Å². The molecule has 0 saturated carbocycles. The number of halogens is 1. The normalized spacial score (nSPS) is 10.8. The van der Waals surface area contributed by atoms with E-state index >= 15 is 0 Å². The molecule has 6 nitrogen and oxygen atoms in total. The van der Waals surface area contributed by atoms with E-state index in [2.05, 4.69) is 10.6 Å². The summed E-state index contributed by atoms with van der Waals surface area (Å²) < 4.78 is 0. The first kappa shape index (κ1) is 19.5. The predicted molar refractivity (Wildman–Crippen MR) is 91.1 cm³/mol. The van der Waals surface area contributed by atoms with Crippen LogP contribution in [0.3, 0.4) is 0 Å². The Bertz CT molecular complexity index is 621. The Morgan fingerprint density at radius 1 is 1.21 bits per heavy atom. The van der Waals surface area contributed by atoms with Crippen molar-refractivity contribution in [1.82, 2.24) is 10.6 Å². The van der Waals surface area contributed by atoms with Crippen molar-refractivity contribution >= 4 is 23.5 Å². The molecule has 1 amide bonds. The van der Waals surface area contributed by atoms with Gasteiger partial charge in [0, 0.05) is 30.7 Å². The molecule has 0 radical (unpaired) electrons. The molecule has 0 bridgehead atoms. The maximum Gasteiger partial charge on any atom is 0.303 e. The molecule has 128 valence electrons. The summed E-state index contributed by atoms with van der Waals surface area (Å²) in [4.78, 5) is 22.2. The summed E-state index contributed by atoms with van der Waals surface area (Å²) in [5, 5.41) is 23.8. The maximum atomic E-state index is 11.8. The molecule has 0 saturated heterocycles. The molecule has 1 aromatic carbocycles. The highest BCUT2D eigenvalue weighted by atomic mass is 35.5. The molecule has 0 aliphatic rings. The second-order valence-electron chi connectivity index (χ2n) is 5.14. The van der Waals surface area contributed by atoms with Crippen molar-refractivity contribution in [1.29, 1.82) is 5.26 Å². The van der Waals surface area contributed by atoms with Gasteiger partial charge in [-0.1, -0.05) is 30.2 Å². The molecule has 1 aromatic rings. The second kappa shape index (κ2) is 11.1. The van der Waals surface area contributed by atoms with Crippen LogP contribution in [0.25, 0.3) is 0 Å². The lowest BCUT2D eigenvalue weighted by molar-refractivity contribution is -0.137. The van der Waals surface area contributed by atoms with Gasteiger partial charge in [-0.3, -0.25) is 9.59 Å². The number of benzene rings is 1. The van der Waals surface area contributed by atoms with Gasteiger partial charge < -0.3 is 15.7 Å². The number of carboxylic acid groups (broad SMARTS) is 1. The monoisotopic (exact) mass is 349 g/mol. The Hall–Kier alpha value is -2.52. The summed E-state index contributed by atoms with van der Waals surface area (Å²) in [6.45, 7) is 0.888. The highest BCUT2D eigenvalue weighted by molar-refractivity contribution is 6.30. The van der Waals surface area contributed by atoms with Gasteiger partial charge >= 0.3 is 5.97 Å². The highest BCUT2D eigenvalue weighted by Gasteiger charge is 2.07. The Morgan fingerprint density at radius 3 is 2.54 bits per heavy atom. The third-order valence-electron chi connectivity index (χ3n) is 3.18. The van der Waals surface area contributed by atoms with Gasteiger partial charge in [0.2, 0.25) is 0 Å². The average molecular weight is 350 g/mol. The third-order valence-corrected chi connectivity index (χ3v) is 3.44. The number of unbranched alkanes of at least 4 members (excludes halogenated alkanes) is 2. The van der Waals surface area contributed by atoms with Crippen molar-refractivity contribution in [2.24, 2.45) is 0 Å². The number of aliphatic carboxylic acids is 1. The molecule has 3 N–H and O–H groups in total. The molecule has 0 heterocycles. The molecule has 0 fully saturated rings. The van der Waals surface area contributed by atoms with Crippen molar-refractivity contribution < 1.29 is 14.7 Å². The lowest BCUT2D eigenvalue weighted by Crippen LogP contribution is -2.26. The average Bonchev–Trinajstić information content (AvgIpc) is 2.56. The molecule has 1 rings (SSSR count). The van der Waals surface area contributed by atoms with Gasteiger partial charge in [0.05, 0.1) is 0 Å². The lowest BCUT2D eigenvalue weighted by Gasteiger charge is -2.05. The topological polar surface area (TPSA) is 102 Å². The molecule has 0 spiro atoms. The summed E-state index contributed by atoms with van der Waals surface area (Å²) in [7, 11) is 0. The molecular weight excluding hydrogens is 330 g/mol. The zero-order valence-corrected chi connectivity index (χ0v) is 14.0. The fourth-order valence-electron chi connectivity index (χ4n) is 1.90. The minimum atomic E-state index is -0.819. The number of carboxylic acids is 1. The number of carbonyl (C=O) groups is 2. The fraction of sp³-hybridized carbons (Fsp3) is 0.353. The Balaban J connectivity index is 2.30. The van der Waals surface area contributed by atoms with Crippen LogP contribution >= 0.6 is 11.6 Å². The van der Waals surface area contributed by atoms with Crippen LogP contribution in [-0.2, 0) is 16.1 Å². The van der Waals surface area contributed by atoms with Gasteiger partial charge in [-0.2, -0.15) is 5.26 Å². The Kier molecular flexibility index (Phi) is 9.02. The predicted octanol–water partition coefficient (Wildman–Crippen LogP) is 2.60. The summed E-state index contributed by atoms with van der Waals surface area (Å²) in [5.74, 6) is -1.26. The van der Waals surface area contributed by atoms with Crippen LogP contribution in [0.4, 0.5) is 0 Å². The van der Waals surface area contributed by atoms with Gasteiger partial charge in [-0.15, -0.1) is 0 Å². The number of nitriles is 1. The van der Waals surface area contributed by atoms with Crippen molar-refractivity contribution in [2.45, 2.75) is 32.2 Å². The number of nitrogens with zero attached hydrogens (tertiary/aromatic N) is 1. The SMILES string of the molecule is N#C/C(=C/NCc1ccc(Cl)cc1)C(=O)NCCCCCC(=O)O. The minimum Gasteiger partial charge on any atom is -0.481 e. The van der Waals surface area contributed by atoms with E-state index in [4.69, 9.17) is 22.0 Å². The zero-order chi connectivity index (χ0) is 17.8. The fourth-order valence-corrected chi connectivity index (χ4v) is 2.02. The van der Waals surface area contributed by atoms with E-state index in [0.29, 0.717) is 37.4 Å². The minimum absolute atomic E-state index is 0.00509. The largest absolute Gasteiger partial charge is 0.481 e. The summed E-state index contributed by atoms with van der Waals surface area (Å²) in [6, 6.07) is 9.10. The number of hydrogen-bond donors (Lipinski definition) is 3. The summed E-state index contributed by atoms with van der Waals surface area (Å²) >= 11 is 5.80. The Morgan fingerprint density at radius 2 is 1.92 bits per heavy atom. The van der Waals surface area contributed by atoms with E-state index in [9.17, 15) is 9.59 Å². The van der Waals surface area contributed by atoms with Crippen LogP contribution in [0.2, 0.25) is 5.02 Å². The van der Waals surface area contributed by atoms with Crippen LogP contribution in [0.1, 0.15) is 31.2 Å². The number of hydrogen-bond acceptors (Lipinski definition) is 4. The van der Waals surface area contributed by atoms with Gasteiger partial charge in [0.25, 0.3) is 5.91 Å². The molecule has 24 heavy (non-hydrogen) atoms. The van der Waals surface area contributed by atoms with Gasteiger partial charge in [0.1, 0.15) is 11.6 Å². The summed E-state index contributed by atoms with van der Waals surface area (Å²) in [5.41, 5.74) is 0.973. The van der Waals surface area contributed by atoms with Crippen molar-refractivity contribution in [3.8, 4) is 6.07 Å². The number of amides is 1. The molecule has 0 unspecified atom stereocenters. The molecule has 7 heteroatoms. The smallest absolute Gasteiger partial charge is 0.303 e. The molecule has 0 aromatic heterocycles. The van der Waals surface area contributed by atoms with E-state index in [-0.39, 0.29) is 12.0 Å². The van der Waals surface area contributed by atoms with Gasteiger partial charge in [0.15, 0.2) is 0 Å². The van der Waals surface area contributed by atoms with E-state index in [1.54, 1.807) is 12.1 Å². The lowest BCUT2D eigenvalue weighted by atomic mass is 10.2. The first-order valence-corrected chi connectivity index (χ1v) is 7.99. The number of nitrogens with one attached hydrogen (secondary N) is 2. The zero-order valence-electron chi connectivity index (χ0n) is 13.2. The maximum absolute atomic E-state index is 11.8.